The molecule has 3 nitrogen and oxygen atoms in total. The SMILES string of the molecule is Cc1cccc2c1NC(=O)/C2=C\c1cc(C(C)(C)C)c(O)c(C(C)(C)C)c1. The first-order valence-electron chi connectivity index (χ1n) is 9.40. The fraction of sp³-hybridized carbons (Fsp3) is 0.375. The first-order chi connectivity index (χ1) is 12.4. The van der Waals surface area contributed by atoms with Gasteiger partial charge in [0.2, 0.25) is 0 Å². The quantitative estimate of drug-likeness (QED) is 0.630. The predicted octanol–water partition coefficient (Wildman–Crippen LogP) is 5.79. The van der Waals surface area contributed by atoms with Crippen LogP contribution in [0.1, 0.15) is 69.4 Å². The summed E-state index contributed by atoms with van der Waals surface area (Å²) in [4.78, 5) is 12.6. The third kappa shape index (κ3) is 3.51. The Morgan fingerprint density at radius 1 is 0.963 bits per heavy atom. The monoisotopic (exact) mass is 363 g/mol. The summed E-state index contributed by atoms with van der Waals surface area (Å²) in [5.41, 5.74) is 5.86. The molecule has 2 aromatic carbocycles. The van der Waals surface area contributed by atoms with Gasteiger partial charge in [-0.1, -0.05) is 59.7 Å². The lowest BCUT2D eigenvalue weighted by Gasteiger charge is -2.28. The first-order valence-corrected chi connectivity index (χ1v) is 9.40. The summed E-state index contributed by atoms with van der Waals surface area (Å²) >= 11 is 0. The van der Waals surface area contributed by atoms with E-state index < -0.39 is 0 Å². The van der Waals surface area contributed by atoms with Crippen molar-refractivity contribution in [1.29, 1.82) is 0 Å². The normalized spacial score (nSPS) is 15.8. The molecular weight excluding hydrogens is 334 g/mol. The number of fused-ring (bicyclic) bond motifs is 1. The van der Waals surface area contributed by atoms with Gasteiger partial charge < -0.3 is 10.4 Å². The summed E-state index contributed by atoms with van der Waals surface area (Å²) in [6, 6.07) is 9.94. The number of anilines is 1. The van der Waals surface area contributed by atoms with Gasteiger partial charge in [-0.2, -0.15) is 0 Å². The molecule has 1 heterocycles. The number of phenolic OH excluding ortho intramolecular Hbond substituents is 1. The molecule has 0 fully saturated rings. The van der Waals surface area contributed by atoms with Gasteiger partial charge in [0, 0.05) is 22.3 Å². The van der Waals surface area contributed by atoms with Crippen LogP contribution in [0.15, 0.2) is 30.3 Å². The summed E-state index contributed by atoms with van der Waals surface area (Å²) < 4.78 is 0. The number of aromatic hydroxyl groups is 1. The number of phenols is 1. The highest BCUT2D eigenvalue weighted by Gasteiger charge is 2.28. The molecule has 1 amide bonds. The fourth-order valence-corrected chi connectivity index (χ4v) is 3.55. The number of amides is 1. The molecule has 0 aromatic heterocycles. The third-order valence-corrected chi connectivity index (χ3v) is 5.11. The van der Waals surface area contributed by atoms with E-state index in [4.69, 9.17) is 0 Å². The highest BCUT2D eigenvalue weighted by atomic mass is 16.3. The second-order valence-electron chi connectivity index (χ2n) is 9.47. The molecule has 0 bridgehead atoms. The Balaban J connectivity index is 2.23. The van der Waals surface area contributed by atoms with Gasteiger partial charge in [0.1, 0.15) is 5.75 Å². The van der Waals surface area contributed by atoms with Gasteiger partial charge in [-0.05, 0) is 47.1 Å². The number of carbonyl (C=O) groups excluding carboxylic acids is 1. The van der Waals surface area contributed by atoms with Gasteiger partial charge in [-0.25, -0.2) is 0 Å². The lowest BCUT2D eigenvalue weighted by molar-refractivity contribution is -0.110. The minimum Gasteiger partial charge on any atom is -0.507 e. The summed E-state index contributed by atoms with van der Waals surface area (Å²) in [6.45, 7) is 14.5. The van der Waals surface area contributed by atoms with Gasteiger partial charge in [0.05, 0.1) is 5.69 Å². The van der Waals surface area contributed by atoms with E-state index in [0.29, 0.717) is 11.3 Å². The molecule has 0 saturated heterocycles. The molecule has 142 valence electrons. The van der Waals surface area contributed by atoms with Crippen molar-refractivity contribution in [3.8, 4) is 5.75 Å². The first kappa shape index (κ1) is 19.2. The van der Waals surface area contributed by atoms with Gasteiger partial charge in [0.15, 0.2) is 0 Å². The molecule has 1 aliphatic rings. The molecule has 1 aliphatic heterocycles. The molecule has 3 rings (SSSR count). The zero-order chi connectivity index (χ0) is 20.1. The van der Waals surface area contributed by atoms with Crippen LogP contribution >= 0.6 is 0 Å². The lowest BCUT2D eigenvalue weighted by atomic mass is 9.78. The predicted molar refractivity (Wildman–Crippen MR) is 113 cm³/mol. The van der Waals surface area contributed by atoms with Crippen molar-refractivity contribution in [1.82, 2.24) is 0 Å². The van der Waals surface area contributed by atoms with E-state index in [1.165, 1.54) is 0 Å². The van der Waals surface area contributed by atoms with E-state index in [0.717, 1.165) is 33.5 Å². The Bertz CT molecular complexity index is 918. The maximum atomic E-state index is 12.6. The van der Waals surface area contributed by atoms with Crippen LogP contribution in [0.4, 0.5) is 5.69 Å². The number of hydrogen-bond acceptors (Lipinski definition) is 2. The zero-order valence-corrected chi connectivity index (χ0v) is 17.3. The molecule has 2 aromatic rings. The molecule has 0 unspecified atom stereocenters. The topological polar surface area (TPSA) is 49.3 Å². The van der Waals surface area contributed by atoms with Crippen molar-refractivity contribution < 1.29 is 9.90 Å². The molecule has 0 spiro atoms. The fourth-order valence-electron chi connectivity index (χ4n) is 3.55. The van der Waals surface area contributed by atoms with Gasteiger partial charge in [-0.3, -0.25) is 4.79 Å². The molecule has 27 heavy (non-hydrogen) atoms. The van der Waals surface area contributed by atoms with Crippen LogP contribution in [0.2, 0.25) is 0 Å². The van der Waals surface area contributed by atoms with E-state index in [1.54, 1.807) is 0 Å². The summed E-state index contributed by atoms with van der Waals surface area (Å²) in [5.74, 6) is 0.270. The van der Waals surface area contributed by atoms with Crippen LogP contribution < -0.4 is 5.32 Å². The Kier molecular flexibility index (Phi) is 4.46. The van der Waals surface area contributed by atoms with Crippen LogP contribution in [0.25, 0.3) is 11.6 Å². The number of benzene rings is 2. The van der Waals surface area contributed by atoms with Crippen LogP contribution in [0.5, 0.6) is 5.75 Å². The van der Waals surface area contributed by atoms with Crippen LogP contribution in [0, 0.1) is 6.92 Å². The second kappa shape index (κ2) is 6.26. The van der Waals surface area contributed by atoms with Crippen molar-refractivity contribution in [2.75, 3.05) is 5.32 Å². The number of carbonyl (C=O) groups is 1. The summed E-state index contributed by atoms with van der Waals surface area (Å²) in [6.07, 6.45) is 1.94. The highest BCUT2D eigenvalue weighted by molar-refractivity contribution is 6.35. The van der Waals surface area contributed by atoms with E-state index >= 15 is 0 Å². The molecule has 3 heteroatoms. The summed E-state index contributed by atoms with van der Waals surface area (Å²) in [7, 11) is 0. The van der Waals surface area contributed by atoms with Crippen molar-refractivity contribution in [3.63, 3.8) is 0 Å². The second-order valence-corrected chi connectivity index (χ2v) is 9.47. The number of aryl methyl sites for hydroxylation is 1. The minimum atomic E-state index is -0.203. The highest BCUT2D eigenvalue weighted by Crippen LogP contribution is 2.41. The lowest BCUT2D eigenvalue weighted by Crippen LogP contribution is -2.17. The van der Waals surface area contributed by atoms with Gasteiger partial charge in [0.25, 0.3) is 5.91 Å². The Morgan fingerprint density at radius 3 is 2.04 bits per heavy atom. The zero-order valence-electron chi connectivity index (χ0n) is 17.3. The van der Waals surface area contributed by atoms with E-state index in [9.17, 15) is 9.90 Å². The van der Waals surface area contributed by atoms with Crippen molar-refractivity contribution >= 4 is 23.2 Å². The molecule has 0 radical (unpaired) electrons. The molecular formula is C24H29NO2. The average molecular weight is 364 g/mol. The third-order valence-electron chi connectivity index (χ3n) is 5.11. The minimum absolute atomic E-state index is 0.0815. The van der Waals surface area contributed by atoms with Crippen LogP contribution in [-0.4, -0.2) is 11.0 Å². The Morgan fingerprint density at radius 2 is 1.52 bits per heavy atom. The van der Waals surface area contributed by atoms with Crippen molar-refractivity contribution in [3.05, 3.63) is 58.1 Å². The van der Waals surface area contributed by atoms with Crippen LogP contribution in [-0.2, 0) is 15.6 Å². The maximum Gasteiger partial charge on any atom is 0.256 e. The summed E-state index contributed by atoms with van der Waals surface area (Å²) in [5, 5.41) is 13.9. The number of para-hydroxylation sites is 1. The van der Waals surface area contributed by atoms with Gasteiger partial charge >= 0.3 is 0 Å². The standard InChI is InChI=1S/C24H29NO2/c1-14-9-8-10-16-17(22(27)25-20(14)16)11-15-12-18(23(2,3)4)21(26)19(13-15)24(5,6)7/h8-13,26H,1-7H3,(H,25,27)/b17-11-. The Hall–Kier alpha value is -2.55. The number of nitrogens with one attached hydrogen (secondary N) is 1. The van der Waals surface area contributed by atoms with E-state index in [1.807, 2.05) is 43.3 Å². The smallest absolute Gasteiger partial charge is 0.256 e. The van der Waals surface area contributed by atoms with E-state index in [-0.39, 0.29) is 16.7 Å². The molecule has 0 atom stereocenters. The van der Waals surface area contributed by atoms with Crippen molar-refractivity contribution in [2.45, 2.75) is 59.3 Å². The Labute approximate surface area is 162 Å². The molecule has 0 aliphatic carbocycles. The molecule has 0 saturated carbocycles. The number of rotatable bonds is 1. The van der Waals surface area contributed by atoms with Crippen molar-refractivity contribution in [2.24, 2.45) is 0 Å². The average Bonchev–Trinajstić information content (AvgIpc) is 2.84. The van der Waals surface area contributed by atoms with Gasteiger partial charge in [-0.15, -0.1) is 0 Å². The molecule has 2 N–H and O–H groups in total. The maximum absolute atomic E-state index is 12.6. The van der Waals surface area contributed by atoms with E-state index in [2.05, 4.69) is 46.9 Å². The largest absolute Gasteiger partial charge is 0.507 e. The van der Waals surface area contributed by atoms with Crippen LogP contribution in [0.3, 0.4) is 0 Å². The number of hydrogen-bond donors (Lipinski definition) is 2.